The van der Waals surface area contributed by atoms with Crippen LogP contribution in [-0.4, -0.2) is 21.5 Å². The Morgan fingerprint density at radius 2 is 1.86 bits per heavy atom. The van der Waals surface area contributed by atoms with Crippen molar-refractivity contribution in [3.05, 3.63) is 65.2 Å². The zero-order valence-corrected chi connectivity index (χ0v) is 16.0. The minimum absolute atomic E-state index is 0.0459. The van der Waals surface area contributed by atoms with Gasteiger partial charge in [-0.3, -0.25) is 14.0 Å². The average molecular weight is 373 g/mol. The second-order valence-corrected chi connectivity index (χ2v) is 7.56. The molecule has 0 atom stereocenters. The minimum atomic E-state index is -0.0459. The van der Waals surface area contributed by atoms with Crippen LogP contribution in [0.4, 0.5) is 0 Å². The number of rotatable bonds is 3. The molecule has 0 radical (unpaired) electrons. The summed E-state index contributed by atoms with van der Waals surface area (Å²) < 4.78 is 9.39. The molecule has 28 heavy (non-hydrogen) atoms. The van der Waals surface area contributed by atoms with E-state index in [9.17, 15) is 4.79 Å². The lowest BCUT2D eigenvalue weighted by molar-refractivity contribution is 0.331. The van der Waals surface area contributed by atoms with Crippen molar-refractivity contribution in [2.24, 2.45) is 0 Å². The van der Waals surface area contributed by atoms with Crippen molar-refractivity contribution in [3.63, 3.8) is 0 Å². The summed E-state index contributed by atoms with van der Waals surface area (Å²) in [5, 5.41) is 7.47. The second-order valence-electron chi connectivity index (χ2n) is 7.56. The van der Waals surface area contributed by atoms with E-state index in [1.807, 2.05) is 48.7 Å². The van der Waals surface area contributed by atoms with Crippen molar-refractivity contribution in [2.75, 3.05) is 7.11 Å². The number of aromatic nitrogens is 3. The summed E-state index contributed by atoms with van der Waals surface area (Å²) in [6.45, 7) is 0. The summed E-state index contributed by atoms with van der Waals surface area (Å²) in [6.07, 6.45) is 10.1. The van der Waals surface area contributed by atoms with Crippen molar-refractivity contribution < 1.29 is 4.74 Å². The Kier molecular flexibility index (Phi) is 4.15. The molecule has 2 heterocycles. The summed E-state index contributed by atoms with van der Waals surface area (Å²) in [7, 11) is 1.63. The monoisotopic (exact) mass is 373 g/mol. The van der Waals surface area contributed by atoms with E-state index in [-0.39, 0.29) is 5.56 Å². The molecule has 0 N–H and O–H groups in total. The van der Waals surface area contributed by atoms with Gasteiger partial charge in [0.15, 0.2) is 0 Å². The first-order valence-electron chi connectivity index (χ1n) is 9.92. The van der Waals surface area contributed by atoms with Gasteiger partial charge in [-0.15, -0.1) is 0 Å². The summed E-state index contributed by atoms with van der Waals surface area (Å²) >= 11 is 0. The summed E-state index contributed by atoms with van der Waals surface area (Å²) in [6, 6.07) is 14.0. The highest BCUT2D eigenvalue weighted by molar-refractivity contribution is 5.85. The fraction of sp³-hybridized carbons (Fsp3) is 0.304. The van der Waals surface area contributed by atoms with E-state index >= 15 is 0 Å². The molecule has 1 saturated carbocycles. The van der Waals surface area contributed by atoms with Gasteiger partial charge in [-0.25, -0.2) is 0 Å². The summed E-state index contributed by atoms with van der Waals surface area (Å²) in [4.78, 5) is 13.1. The third-order valence-corrected chi connectivity index (χ3v) is 5.84. The first-order valence-corrected chi connectivity index (χ1v) is 9.92. The molecule has 0 bridgehead atoms. The Hall–Kier alpha value is -3.08. The van der Waals surface area contributed by atoms with Gasteiger partial charge in [0.25, 0.3) is 5.56 Å². The molecule has 4 aromatic rings. The SMILES string of the molecule is COc1cc2nn(C3CCCCC3)cc2cc1-n1ccc2ccccc2c1=O. The van der Waals surface area contributed by atoms with Gasteiger partial charge < -0.3 is 4.74 Å². The smallest absolute Gasteiger partial charge is 0.263 e. The van der Waals surface area contributed by atoms with Gasteiger partial charge in [-0.05, 0) is 36.4 Å². The standard InChI is InChI=1S/C23H23N3O2/c1-28-22-14-20-17(15-26(24-20)18-8-3-2-4-9-18)13-21(22)25-12-11-16-7-5-6-10-19(16)23(25)27/h5-7,10-15,18H,2-4,8-9H2,1H3. The maximum absolute atomic E-state index is 13.1. The van der Waals surface area contributed by atoms with Crippen LogP contribution in [0.5, 0.6) is 5.75 Å². The molecule has 0 spiro atoms. The minimum Gasteiger partial charge on any atom is -0.494 e. The molecule has 1 aliphatic rings. The molecule has 1 fully saturated rings. The highest BCUT2D eigenvalue weighted by atomic mass is 16.5. The van der Waals surface area contributed by atoms with Gasteiger partial charge in [0.2, 0.25) is 0 Å². The quantitative estimate of drug-likeness (QED) is 0.516. The van der Waals surface area contributed by atoms with Crippen LogP contribution in [-0.2, 0) is 0 Å². The number of ether oxygens (including phenoxy) is 1. The van der Waals surface area contributed by atoms with Crippen LogP contribution in [0.25, 0.3) is 27.4 Å². The molecule has 0 saturated heterocycles. The van der Waals surface area contributed by atoms with E-state index in [0.29, 0.717) is 17.2 Å². The molecule has 0 unspecified atom stereocenters. The first kappa shape index (κ1) is 17.0. The molecule has 0 aliphatic heterocycles. The van der Waals surface area contributed by atoms with Gasteiger partial charge in [-0.2, -0.15) is 5.10 Å². The molecule has 2 aromatic carbocycles. The van der Waals surface area contributed by atoms with Crippen molar-refractivity contribution in [1.29, 1.82) is 0 Å². The van der Waals surface area contributed by atoms with Crippen LogP contribution in [0.1, 0.15) is 38.1 Å². The predicted octanol–water partition coefficient (Wildman–Crippen LogP) is 4.85. The van der Waals surface area contributed by atoms with E-state index < -0.39 is 0 Å². The Balaban J connectivity index is 1.66. The van der Waals surface area contributed by atoms with Gasteiger partial charge in [-0.1, -0.05) is 37.5 Å². The first-order chi connectivity index (χ1) is 13.7. The number of methoxy groups -OCH3 is 1. The van der Waals surface area contributed by atoms with Crippen molar-refractivity contribution in [1.82, 2.24) is 14.3 Å². The van der Waals surface area contributed by atoms with Crippen LogP contribution in [0.3, 0.4) is 0 Å². The molecular weight excluding hydrogens is 350 g/mol. The predicted molar refractivity (Wildman–Crippen MR) is 112 cm³/mol. The molecule has 142 valence electrons. The van der Waals surface area contributed by atoms with Crippen LogP contribution >= 0.6 is 0 Å². The zero-order valence-electron chi connectivity index (χ0n) is 16.0. The Labute approximate surface area is 163 Å². The fourth-order valence-electron chi connectivity index (χ4n) is 4.32. The third-order valence-electron chi connectivity index (χ3n) is 5.84. The Morgan fingerprint density at radius 3 is 2.68 bits per heavy atom. The normalized spacial score (nSPS) is 15.3. The number of benzene rings is 2. The molecule has 2 aromatic heterocycles. The lowest BCUT2D eigenvalue weighted by Gasteiger charge is -2.21. The number of pyridine rings is 1. The van der Waals surface area contributed by atoms with Gasteiger partial charge >= 0.3 is 0 Å². The summed E-state index contributed by atoms with van der Waals surface area (Å²) in [5.74, 6) is 0.652. The Bertz CT molecular complexity index is 1220. The van der Waals surface area contributed by atoms with E-state index in [1.165, 1.54) is 32.1 Å². The van der Waals surface area contributed by atoms with Gasteiger partial charge in [0.05, 0.1) is 24.4 Å². The second kappa shape index (κ2) is 6.82. The molecule has 1 aliphatic carbocycles. The largest absolute Gasteiger partial charge is 0.494 e. The van der Waals surface area contributed by atoms with Crippen LogP contribution in [0, 0.1) is 0 Å². The maximum Gasteiger partial charge on any atom is 0.263 e. The third kappa shape index (κ3) is 2.78. The van der Waals surface area contributed by atoms with Gasteiger partial charge in [0.1, 0.15) is 5.75 Å². The van der Waals surface area contributed by atoms with Crippen LogP contribution < -0.4 is 10.3 Å². The van der Waals surface area contributed by atoms with Gasteiger partial charge in [0, 0.05) is 29.2 Å². The van der Waals surface area contributed by atoms with E-state index in [0.717, 1.165) is 22.0 Å². The lowest BCUT2D eigenvalue weighted by atomic mass is 9.96. The molecule has 0 amide bonds. The Morgan fingerprint density at radius 1 is 1.04 bits per heavy atom. The molecule has 5 nitrogen and oxygen atoms in total. The maximum atomic E-state index is 13.1. The van der Waals surface area contributed by atoms with Crippen molar-refractivity contribution in [2.45, 2.75) is 38.1 Å². The molecule has 5 heteroatoms. The topological polar surface area (TPSA) is 49.0 Å². The summed E-state index contributed by atoms with van der Waals surface area (Å²) in [5.41, 5.74) is 1.60. The van der Waals surface area contributed by atoms with Crippen molar-refractivity contribution >= 4 is 21.7 Å². The lowest BCUT2D eigenvalue weighted by Crippen LogP contribution is -2.18. The van der Waals surface area contributed by atoms with E-state index in [2.05, 4.69) is 10.9 Å². The number of hydrogen-bond donors (Lipinski definition) is 0. The fourth-order valence-corrected chi connectivity index (χ4v) is 4.32. The van der Waals surface area contributed by atoms with Crippen LogP contribution in [0.2, 0.25) is 0 Å². The highest BCUT2D eigenvalue weighted by Gasteiger charge is 2.18. The molecule has 5 rings (SSSR count). The number of nitrogens with zero attached hydrogens (tertiary/aromatic N) is 3. The number of hydrogen-bond acceptors (Lipinski definition) is 3. The molecular formula is C23H23N3O2. The highest BCUT2D eigenvalue weighted by Crippen LogP contribution is 2.32. The van der Waals surface area contributed by atoms with Crippen LogP contribution in [0.15, 0.2) is 59.7 Å². The van der Waals surface area contributed by atoms with Crippen molar-refractivity contribution in [3.8, 4) is 11.4 Å². The van der Waals surface area contributed by atoms with E-state index in [4.69, 9.17) is 9.84 Å². The zero-order chi connectivity index (χ0) is 19.1. The average Bonchev–Trinajstić information content (AvgIpc) is 3.17. The number of fused-ring (bicyclic) bond motifs is 2. The van der Waals surface area contributed by atoms with E-state index in [1.54, 1.807) is 11.7 Å².